The lowest BCUT2D eigenvalue weighted by Crippen LogP contribution is -2.40. The molecule has 4 nitrogen and oxygen atoms in total. The van der Waals surface area contributed by atoms with Crippen LogP contribution in [0, 0.1) is 5.82 Å². The minimum absolute atomic E-state index is 0.266. The van der Waals surface area contributed by atoms with Crippen molar-refractivity contribution in [3.63, 3.8) is 0 Å². The van der Waals surface area contributed by atoms with Gasteiger partial charge in [0.05, 0.1) is 0 Å². The Hall–Kier alpha value is -1.46. The molecule has 1 atom stereocenters. The fourth-order valence-electron chi connectivity index (χ4n) is 2.97. The Balaban J connectivity index is 2.11. The number of hydrogen-bond acceptors (Lipinski definition) is 3. The number of nitrogens with zero attached hydrogens (tertiary/aromatic N) is 1. The van der Waals surface area contributed by atoms with Gasteiger partial charge in [-0.2, -0.15) is 0 Å². The van der Waals surface area contributed by atoms with E-state index in [-0.39, 0.29) is 5.82 Å². The number of likely N-dealkylation sites (tertiary alicyclic amines) is 1. The number of benzene rings is 1. The second kappa shape index (κ2) is 7.52. The maximum atomic E-state index is 14.0. The summed E-state index contributed by atoms with van der Waals surface area (Å²) in [6.45, 7) is 2.49. The molecule has 0 saturated carbocycles. The molecule has 1 fully saturated rings. The van der Waals surface area contributed by atoms with Gasteiger partial charge >= 0.3 is 0 Å². The van der Waals surface area contributed by atoms with Crippen LogP contribution in [0.1, 0.15) is 41.6 Å². The molecule has 2 rings (SSSR count). The molecule has 1 aliphatic rings. The van der Waals surface area contributed by atoms with E-state index >= 15 is 0 Å². The number of carbonyl (C=O) groups excluding carboxylic acids is 1. The van der Waals surface area contributed by atoms with Gasteiger partial charge in [0.25, 0.3) is 0 Å². The van der Waals surface area contributed by atoms with Gasteiger partial charge in [-0.05, 0) is 57.6 Å². The van der Waals surface area contributed by atoms with Gasteiger partial charge in [0.15, 0.2) is 0 Å². The van der Waals surface area contributed by atoms with Crippen molar-refractivity contribution in [1.82, 2.24) is 10.2 Å². The summed E-state index contributed by atoms with van der Waals surface area (Å²) >= 11 is 0. The number of hydrogen-bond donors (Lipinski definition) is 2. The lowest BCUT2D eigenvalue weighted by Gasteiger charge is -2.36. The smallest absolute Gasteiger partial charge is 0.248 e. The highest BCUT2D eigenvalue weighted by atomic mass is 19.1. The molecule has 0 bridgehead atoms. The van der Waals surface area contributed by atoms with Crippen LogP contribution in [0.4, 0.5) is 4.39 Å². The summed E-state index contributed by atoms with van der Waals surface area (Å²) in [6.07, 6.45) is 4.59. The standard InChI is InChI=1S/C16H24FN3O/c1-19-8-7-14-4-2-3-9-20(14)11-13-10-12(16(18)21)5-6-15(13)17/h5-6,10,14,19H,2-4,7-9,11H2,1H3,(H2,18,21). The zero-order valence-electron chi connectivity index (χ0n) is 12.6. The maximum absolute atomic E-state index is 14.0. The van der Waals surface area contributed by atoms with Crippen LogP contribution in [0.3, 0.4) is 0 Å². The molecule has 1 heterocycles. The highest BCUT2D eigenvalue weighted by Gasteiger charge is 2.23. The third kappa shape index (κ3) is 4.25. The van der Waals surface area contributed by atoms with Crippen molar-refractivity contribution in [2.24, 2.45) is 5.73 Å². The van der Waals surface area contributed by atoms with Crippen LogP contribution >= 0.6 is 0 Å². The van der Waals surface area contributed by atoms with Crippen molar-refractivity contribution in [2.75, 3.05) is 20.1 Å². The van der Waals surface area contributed by atoms with Crippen molar-refractivity contribution >= 4 is 5.91 Å². The first kappa shape index (κ1) is 15.9. The summed E-state index contributed by atoms with van der Waals surface area (Å²) < 4.78 is 14.0. The van der Waals surface area contributed by atoms with Crippen LogP contribution in [-0.4, -0.2) is 37.0 Å². The van der Waals surface area contributed by atoms with Crippen LogP contribution in [0.2, 0.25) is 0 Å². The number of carbonyl (C=O) groups is 1. The summed E-state index contributed by atoms with van der Waals surface area (Å²) in [7, 11) is 1.95. The first-order valence-electron chi connectivity index (χ1n) is 7.58. The molecule has 0 radical (unpaired) electrons. The second-order valence-electron chi connectivity index (χ2n) is 5.68. The normalized spacial score (nSPS) is 19.6. The predicted octanol–water partition coefficient (Wildman–Crippen LogP) is 1.89. The summed E-state index contributed by atoms with van der Waals surface area (Å²) in [5.74, 6) is -0.778. The maximum Gasteiger partial charge on any atom is 0.248 e. The van der Waals surface area contributed by atoms with E-state index in [9.17, 15) is 9.18 Å². The van der Waals surface area contributed by atoms with Gasteiger partial charge in [-0.3, -0.25) is 9.69 Å². The third-order valence-corrected chi connectivity index (χ3v) is 4.18. The van der Waals surface area contributed by atoms with Gasteiger partial charge in [0, 0.05) is 23.7 Å². The molecule has 5 heteroatoms. The van der Waals surface area contributed by atoms with Gasteiger partial charge in [-0.25, -0.2) is 4.39 Å². The molecule has 0 spiro atoms. The Morgan fingerprint density at radius 1 is 1.48 bits per heavy atom. The monoisotopic (exact) mass is 293 g/mol. The van der Waals surface area contributed by atoms with Crippen molar-refractivity contribution in [1.29, 1.82) is 0 Å². The van der Waals surface area contributed by atoms with E-state index in [0.29, 0.717) is 23.7 Å². The largest absolute Gasteiger partial charge is 0.366 e. The minimum Gasteiger partial charge on any atom is -0.366 e. The molecule has 1 aliphatic heterocycles. The van der Waals surface area contributed by atoms with Crippen LogP contribution in [0.25, 0.3) is 0 Å². The molecule has 1 aromatic carbocycles. The highest BCUT2D eigenvalue weighted by Crippen LogP contribution is 2.23. The molecule has 0 aliphatic carbocycles. The number of nitrogens with two attached hydrogens (primary N) is 1. The van der Waals surface area contributed by atoms with Gasteiger partial charge < -0.3 is 11.1 Å². The van der Waals surface area contributed by atoms with E-state index in [1.807, 2.05) is 7.05 Å². The van der Waals surface area contributed by atoms with Gasteiger partial charge in [-0.15, -0.1) is 0 Å². The van der Waals surface area contributed by atoms with Gasteiger partial charge in [-0.1, -0.05) is 6.42 Å². The molecule has 1 aromatic rings. The Kier molecular flexibility index (Phi) is 5.70. The summed E-state index contributed by atoms with van der Waals surface area (Å²) in [6, 6.07) is 4.84. The number of halogens is 1. The number of rotatable bonds is 6. The molecule has 3 N–H and O–H groups in total. The number of primary amides is 1. The SMILES string of the molecule is CNCCC1CCCCN1Cc1cc(C(N)=O)ccc1F. The fraction of sp³-hybridized carbons (Fsp3) is 0.562. The molecular formula is C16H24FN3O. The number of nitrogens with one attached hydrogen (secondary N) is 1. The Morgan fingerprint density at radius 2 is 2.29 bits per heavy atom. The van der Waals surface area contributed by atoms with Crippen LogP contribution in [0.15, 0.2) is 18.2 Å². The molecule has 116 valence electrons. The van der Waals surface area contributed by atoms with Crippen LogP contribution in [0.5, 0.6) is 0 Å². The average molecular weight is 293 g/mol. The summed E-state index contributed by atoms with van der Waals surface area (Å²) in [4.78, 5) is 13.6. The van der Waals surface area contributed by atoms with Crippen molar-refractivity contribution in [3.05, 3.63) is 35.1 Å². The molecule has 1 unspecified atom stereocenters. The summed E-state index contributed by atoms with van der Waals surface area (Å²) in [5.41, 5.74) is 6.20. The first-order valence-corrected chi connectivity index (χ1v) is 7.58. The van der Waals surface area contributed by atoms with E-state index in [0.717, 1.165) is 32.4 Å². The zero-order chi connectivity index (χ0) is 15.2. The van der Waals surface area contributed by atoms with E-state index < -0.39 is 5.91 Å². The number of amides is 1. The van der Waals surface area contributed by atoms with E-state index in [1.165, 1.54) is 18.6 Å². The molecule has 21 heavy (non-hydrogen) atoms. The Morgan fingerprint density at radius 3 is 3.00 bits per heavy atom. The predicted molar refractivity (Wildman–Crippen MR) is 81.5 cm³/mol. The van der Waals surface area contributed by atoms with Crippen molar-refractivity contribution in [3.8, 4) is 0 Å². The Labute approximate surface area is 125 Å². The topological polar surface area (TPSA) is 58.4 Å². The van der Waals surface area contributed by atoms with Crippen molar-refractivity contribution < 1.29 is 9.18 Å². The second-order valence-corrected chi connectivity index (χ2v) is 5.68. The lowest BCUT2D eigenvalue weighted by molar-refractivity contribution is 0.0999. The first-order chi connectivity index (χ1) is 10.1. The van der Waals surface area contributed by atoms with Crippen molar-refractivity contribution in [2.45, 2.75) is 38.3 Å². The molecule has 1 amide bonds. The zero-order valence-corrected chi connectivity index (χ0v) is 12.6. The van der Waals surface area contributed by atoms with E-state index in [4.69, 9.17) is 5.73 Å². The Bertz CT molecular complexity index is 492. The molecular weight excluding hydrogens is 269 g/mol. The minimum atomic E-state index is -0.512. The fourth-order valence-corrected chi connectivity index (χ4v) is 2.97. The molecule has 0 aromatic heterocycles. The van der Waals surface area contributed by atoms with Crippen LogP contribution in [-0.2, 0) is 6.54 Å². The molecule has 1 saturated heterocycles. The average Bonchev–Trinajstić information content (AvgIpc) is 2.48. The quantitative estimate of drug-likeness (QED) is 0.842. The highest BCUT2D eigenvalue weighted by molar-refractivity contribution is 5.92. The lowest BCUT2D eigenvalue weighted by atomic mass is 9.98. The van der Waals surface area contributed by atoms with E-state index in [1.54, 1.807) is 6.07 Å². The van der Waals surface area contributed by atoms with E-state index in [2.05, 4.69) is 10.2 Å². The van der Waals surface area contributed by atoms with Gasteiger partial charge in [0.1, 0.15) is 5.82 Å². The van der Waals surface area contributed by atoms with Crippen LogP contribution < -0.4 is 11.1 Å². The third-order valence-electron chi connectivity index (χ3n) is 4.18. The number of piperidine rings is 1. The summed E-state index contributed by atoms with van der Waals surface area (Å²) in [5, 5.41) is 3.17. The van der Waals surface area contributed by atoms with Gasteiger partial charge in [0.2, 0.25) is 5.91 Å².